The molecule has 2 aliphatic heterocycles. The highest BCUT2D eigenvalue weighted by molar-refractivity contribution is 7.99. The van der Waals surface area contributed by atoms with Gasteiger partial charge in [0.1, 0.15) is 6.54 Å². The standard InChI is InChI=1S/C18H22N2O4S/c1-23-15-9-13-3-4-20(12-18(22)19-5-7-25-8-6-19)17(21)11-14(13)10-16(15)24-2/h3-4,9-10H,5-8,11-12H2,1-2H3. The molecule has 6 nitrogen and oxygen atoms in total. The Morgan fingerprint density at radius 3 is 2.52 bits per heavy atom. The van der Waals surface area contributed by atoms with Crippen LogP contribution in [-0.2, 0) is 16.0 Å². The average molecular weight is 362 g/mol. The Morgan fingerprint density at radius 2 is 1.84 bits per heavy atom. The number of benzene rings is 1. The first-order chi connectivity index (χ1) is 12.1. The fourth-order valence-corrected chi connectivity index (χ4v) is 3.87. The van der Waals surface area contributed by atoms with E-state index in [0.717, 1.165) is 35.7 Å². The highest BCUT2D eigenvalue weighted by atomic mass is 32.2. The van der Waals surface area contributed by atoms with Crippen LogP contribution in [0.1, 0.15) is 11.1 Å². The van der Waals surface area contributed by atoms with Gasteiger partial charge < -0.3 is 19.3 Å². The smallest absolute Gasteiger partial charge is 0.242 e. The van der Waals surface area contributed by atoms with Gasteiger partial charge in [-0.15, -0.1) is 0 Å². The van der Waals surface area contributed by atoms with Crippen LogP contribution < -0.4 is 9.47 Å². The van der Waals surface area contributed by atoms with Crippen molar-refractivity contribution in [3.8, 4) is 11.5 Å². The van der Waals surface area contributed by atoms with Gasteiger partial charge >= 0.3 is 0 Å². The molecule has 25 heavy (non-hydrogen) atoms. The number of carbonyl (C=O) groups is 2. The van der Waals surface area contributed by atoms with Crippen molar-refractivity contribution in [1.29, 1.82) is 0 Å². The molecule has 0 aliphatic carbocycles. The molecule has 0 unspecified atom stereocenters. The Hall–Kier alpha value is -2.15. The predicted octanol–water partition coefficient (Wildman–Crippen LogP) is 1.63. The average Bonchev–Trinajstić information content (AvgIpc) is 2.79. The van der Waals surface area contributed by atoms with Gasteiger partial charge in [-0.05, 0) is 29.3 Å². The number of hydrogen-bond acceptors (Lipinski definition) is 5. The molecule has 2 amide bonds. The first kappa shape index (κ1) is 17.7. The summed E-state index contributed by atoms with van der Waals surface area (Å²) in [7, 11) is 3.15. The topological polar surface area (TPSA) is 59.1 Å². The molecule has 134 valence electrons. The Bertz CT molecular complexity index is 699. The lowest BCUT2D eigenvalue weighted by atomic mass is 10.0. The van der Waals surface area contributed by atoms with E-state index in [-0.39, 0.29) is 24.8 Å². The Labute approximate surface area is 151 Å². The van der Waals surface area contributed by atoms with Gasteiger partial charge in [0, 0.05) is 30.8 Å². The monoisotopic (exact) mass is 362 g/mol. The summed E-state index contributed by atoms with van der Waals surface area (Å²) < 4.78 is 10.6. The van der Waals surface area contributed by atoms with E-state index in [0.29, 0.717) is 11.5 Å². The van der Waals surface area contributed by atoms with Crippen molar-refractivity contribution >= 4 is 29.7 Å². The van der Waals surface area contributed by atoms with Crippen molar-refractivity contribution in [2.45, 2.75) is 6.42 Å². The summed E-state index contributed by atoms with van der Waals surface area (Å²) >= 11 is 1.85. The molecular weight excluding hydrogens is 340 g/mol. The second-order valence-electron chi connectivity index (χ2n) is 5.91. The summed E-state index contributed by atoms with van der Waals surface area (Å²) in [6, 6.07) is 3.68. The summed E-state index contributed by atoms with van der Waals surface area (Å²) in [4.78, 5) is 28.4. The Kier molecular flexibility index (Phi) is 5.53. The fraction of sp³-hybridized carbons (Fsp3) is 0.444. The minimum atomic E-state index is -0.0954. The van der Waals surface area contributed by atoms with Crippen molar-refractivity contribution < 1.29 is 19.1 Å². The van der Waals surface area contributed by atoms with Crippen molar-refractivity contribution in [2.75, 3.05) is 45.4 Å². The van der Waals surface area contributed by atoms with Gasteiger partial charge in [-0.2, -0.15) is 11.8 Å². The van der Waals surface area contributed by atoms with Gasteiger partial charge in [-0.3, -0.25) is 9.59 Å². The minimum Gasteiger partial charge on any atom is -0.493 e. The number of methoxy groups -OCH3 is 2. The van der Waals surface area contributed by atoms with Crippen LogP contribution in [0.5, 0.6) is 11.5 Å². The molecular formula is C18H22N2O4S. The van der Waals surface area contributed by atoms with E-state index in [1.165, 1.54) is 4.90 Å². The fourth-order valence-electron chi connectivity index (χ4n) is 2.96. The molecule has 0 saturated carbocycles. The summed E-state index contributed by atoms with van der Waals surface area (Å²) in [6.07, 6.45) is 3.77. The van der Waals surface area contributed by atoms with E-state index in [9.17, 15) is 9.59 Å². The van der Waals surface area contributed by atoms with E-state index in [1.807, 2.05) is 34.9 Å². The van der Waals surface area contributed by atoms with Crippen LogP contribution in [0.3, 0.4) is 0 Å². The lowest BCUT2D eigenvalue weighted by Crippen LogP contribution is -2.44. The summed E-state index contributed by atoms with van der Waals surface area (Å²) in [5.41, 5.74) is 1.76. The zero-order valence-corrected chi connectivity index (χ0v) is 15.3. The maximum absolute atomic E-state index is 12.6. The third kappa shape index (κ3) is 3.92. The zero-order valence-electron chi connectivity index (χ0n) is 14.5. The summed E-state index contributed by atoms with van der Waals surface area (Å²) in [5.74, 6) is 3.04. The van der Waals surface area contributed by atoms with Crippen LogP contribution in [0.4, 0.5) is 0 Å². The first-order valence-corrected chi connectivity index (χ1v) is 9.36. The van der Waals surface area contributed by atoms with Gasteiger partial charge in [0.15, 0.2) is 11.5 Å². The van der Waals surface area contributed by atoms with Gasteiger partial charge in [0.25, 0.3) is 0 Å². The van der Waals surface area contributed by atoms with Crippen LogP contribution in [-0.4, -0.2) is 67.0 Å². The number of hydrogen-bond donors (Lipinski definition) is 0. The van der Waals surface area contributed by atoms with E-state index in [4.69, 9.17) is 9.47 Å². The second-order valence-corrected chi connectivity index (χ2v) is 7.14. The maximum atomic E-state index is 12.6. The normalized spacial score (nSPS) is 17.1. The molecule has 7 heteroatoms. The number of amides is 2. The van der Waals surface area contributed by atoms with Crippen molar-refractivity contribution in [3.63, 3.8) is 0 Å². The molecule has 1 fully saturated rings. The zero-order chi connectivity index (χ0) is 17.8. The number of ether oxygens (including phenoxy) is 2. The maximum Gasteiger partial charge on any atom is 0.242 e. The molecule has 1 aromatic rings. The summed E-state index contributed by atoms with van der Waals surface area (Å²) in [5, 5.41) is 0. The second kappa shape index (κ2) is 7.82. The van der Waals surface area contributed by atoms with E-state index in [1.54, 1.807) is 20.4 Å². The molecule has 0 atom stereocenters. The molecule has 2 aliphatic rings. The van der Waals surface area contributed by atoms with Crippen molar-refractivity contribution in [2.24, 2.45) is 0 Å². The molecule has 1 saturated heterocycles. The first-order valence-electron chi connectivity index (χ1n) is 8.20. The predicted molar refractivity (Wildman–Crippen MR) is 97.9 cm³/mol. The molecule has 0 N–H and O–H groups in total. The molecule has 1 aromatic carbocycles. The number of thioether (sulfide) groups is 1. The largest absolute Gasteiger partial charge is 0.493 e. The molecule has 0 radical (unpaired) electrons. The highest BCUT2D eigenvalue weighted by Gasteiger charge is 2.24. The van der Waals surface area contributed by atoms with Gasteiger partial charge in [0.2, 0.25) is 11.8 Å². The number of carbonyl (C=O) groups excluding carboxylic acids is 2. The lowest BCUT2D eigenvalue weighted by Gasteiger charge is -2.28. The Morgan fingerprint density at radius 1 is 1.16 bits per heavy atom. The van der Waals surface area contributed by atoms with Crippen molar-refractivity contribution in [1.82, 2.24) is 9.80 Å². The molecule has 3 rings (SSSR count). The molecule has 2 heterocycles. The molecule has 0 spiro atoms. The number of rotatable bonds is 4. The number of nitrogens with zero attached hydrogens (tertiary/aromatic N) is 2. The van der Waals surface area contributed by atoms with Gasteiger partial charge in [-0.1, -0.05) is 0 Å². The Balaban J connectivity index is 1.76. The van der Waals surface area contributed by atoms with Gasteiger partial charge in [0.05, 0.1) is 20.6 Å². The van der Waals surface area contributed by atoms with E-state index in [2.05, 4.69) is 0 Å². The van der Waals surface area contributed by atoms with E-state index < -0.39 is 0 Å². The third-order valence-electron chi connectivity index (χ3n) is 4.41. The summed E-state index contributed by atoms with van der Waals surface area (Å²) in [6.45, 7) is 1.59. The number of fused-ring (bicyclic) bond motifs is 1. The highest BCUT2D eigenvalue weighted by Crippen LogP contribution is 2.32. The minimum absolute atomic E-state index is 0.000540. The van der Waals surface area contributed by atoms with E-state index >= 15 is 0 Å². The van der Waals surface area contributed by atoms with Crippen LogP contribution in [0, 0.1) is 0 Å². The third-order valence-corrected chi connectivity index (χ3v) is 5.35. The van der Waals surface area contributed by atoms with Crippen LogP contribution in [0.25, 0.3) is 6.08 Å². The van der Waals surface area contributed by atoms with Crippen LogP contribution in [0.15, 0.2) is 18.3 Å². The SMILES string of the molecule is COc1cc2c(cc1OC)CC(=O)N(CC(=O)N1CCSCC1)C=C2. The lowest BCUT2D eigenvalue weighted by molar-refractivity contribution is -0.137. The van der Waals surface area contributed by atoms with Crippen LogP contribution in [0.2, 0.25) is 0 Å². The van der Waals surface area contributed by atoms with Crippen LogP contribution >= 0.6 is 11.8 Å². The van der Waals surface area contributed by atoms with Crippen molar-refractivity contribution in [3.05, 3.63) is 29.5 Å². The quantitative estimate of drug-likeness (QED) is 0.815. The molecule has 0 aromatic heterocycles. The molecule has 0 bridgehead atoms. The van der Waals surface area contributed by atoms with Gasteiger partial charge in [-0.25, -0.2) is 0 Å².